The molecule has 0 radical (unpaired) electrons. The molecule has 2 amide bonds. The number of aromatic nitrogens is 1. The summed E-state index contributed by atoms with van der Waals surface area (Å²) >= 11 is 1.71. The summed E-state index contributed by atoms with van der Waals surface area (Å²) in [5, 5.41) is 3.96. The smallest absolute Gasteiger partial charge is 0.321 e. The zero-order valence-electron chi connectivity index (χ0n) is 16.8. The Bertz CT molecular complexity index is 1030. The van der Waals surface area contributed by atoms with Crippen LogP contribution in [0.25, 0.3) is 10.2 Å². The second kappa shape index (κ2) is 8.16. The number of aryl methyl sites for hydroxylation is 1. The lowest BCUT2D eigenvalue weighted by atomic mass is 10.2. The first-order valence-electron chi connectivity index (χ1n) is 9.47. The fourth-order valence-corrected chi connectivity index (χ4v) is 4.49. The minimum absolute atomic E-state index is 0.114. The summed E-state index contributed by atoms with van der Waals surface area (Å²) in [4.78, 5) is 21.5. The van der Waals surface area contributed by atoms with Gasteiger partial charge in [0.15, 0.2) is 16.6 Å². The number of amides is 2. The summed E-state index contributed by atoms with van der Waals surface area (Å²) in [7, 11) is 3.16. The molecule has 2 aromatic carbocycles. The van der Waals surface area contributed by atoms with Crippen molar-refractivity contribution in [2.45, 2.75) is 6.92 Å². The number of methoxy groups -OCH3 is 2. The fraction of sp³-hybridized carbons (Fsp3) is 0.333. The second-order valence-corrected chi connectivity index (χ2v) is 7.95. The molecule has 0 spiro atoms. The first kappa shape index (κ1) is 19.3. The van der Waals surface area contributed by atoms with E-state index in [1.54, 1.807) is 43.8 Å². The number of thiazole rings is 1. The van der Waals surface area contributed by atoms with Gasteiger partial charge in [0.2, 0.25) is 0 Å². The predicted molar refractivity (Wildman–Crippen MR) is 117 cm³/mol. The number of fused-ring (bicyclic) bond motifs is 1. The lowest BCUT2D eigenvalue weighted by Crippen LogP contribution is -2.50. The molecule has 3 aromatic rings. The van der Waals surface area contributed by atoms with Crippen LogP contribution in [0.3, 0.4) is 0 Å². The molecule has 0 saturated carbocycles. The van der Waals surface area contributed by atoms with Crippen LogP contribution in [-0.4, -0.2) is 56.3 Å². The summed E-state index contributed by atoms with van der Waals surface area (Å²) in [5.41, 5.74) is 2.95. The highest BCUT2D eigenvalue weighted by molar-refractivity contribution is 7.22. The van der Waals surface area contributed by atoms with Crippen molar-refractivity contribution in [2.24, 2.45) is 0 Å². The van der Waals surface area contributed by atoms with E-state index in [0.29, 0.717) is 30.3 Å². The molecule has 29 heavy (non-hydrogen) atoms. The largest absolute Gasteiger partial charge is 0.493 e. The molecule has 8 heteroatoms. The minimum Gasteiger partial charge on any atom is -0.493 e. The molecule has 0 unspecified atom stereocenters. The molecular formula is C21H24N4O3S. The van der Waals surface area contributed by atoms with E-state index in [4.69, 9.17) is 14.5 Å². The van der Waals surface area contributed by atoms with Gasteiger partial charge in [0.25, 0.3) is 0 Å². The lowest BCUT2D eigenvalue weighted by molar-refractivity contribution is 0.208. The van der Waals surface area contributed by atoms with E-state index in [1.165, 1.54) is 10.3 Å². The van der Waals surface area contributed by atoms with Crippen molar-refractivity contribution in [2.75, 3.05) is 50.6 Å². The van der Waals surface area contributed by atoms with Crippen LogP contribution >= 0.6 is 11.3 Å². The highest BCUT2D eigenvalue weighted by Crippen LogP contribution is 2.31. The zero-order chi connectivity index (χ0) is 20.4. The number of urea groups is 1. The van der Waals surface area contributed by atoms with E-state index in [0.717, 1.165) is 23.7 Å². The van der Waals surface area contributed by atoms with Gasteiger partial charge < -0.3 is 24.6 Å². The van der Waals surface area contributed by atoms with E-state index in [1.807, 2.05) is 4.90 Å². The molecule has 152 valence electrons. The molecule has 0 aliphatic carbocycles. The number of rotatable bonds is 4. The Morgan fingerprint density at radius 3 is 2.52 bits per heavy atom. The predicted octanol–water partition coefficient (Wildman–Crippen LogP) is 3.98. The summed E-state index contributed by atoms with van der Waals surface area (Å²) in [6.07, 6.45) is 0. The number of anilines is 2. The first-order valence-corrected chi connectivity index (χ1v) is 10.3. The van der Waals surface area contributed by atoms with Gasteiger partial charge in [-0.15, -0.1) is 0 Å². The van der Waals surface area contributed by atoms with E-state index in [-0.39, 0.29) is 6.03 Å². The van der Waals surface area contributed by atoms with Gasteiger partial charge in [-0.2, -0.15) is 0 Å². The van der Waals surface area contributed by atoms with Crippen LogP contribution in [0.15, 0.2) is 36.4 Å². The molecule has 1 aromatic heterocycles. The SMILES string of the molecule is COc1ccc(NC(=O)N2CCN(c3nc4ccc(C)cc4s3)CC2)cc1OC. The van der Waals surface area contributed by atoms with E-state index < -0.39 is 0 Å². The minimum atomic E-state index is -0.114. The molecule has 0 atom stereocenters. The Kier molecular flexibility index (Phi) is 5.44. The number of hydrogen-bond acceptors (Lipinski definition) is 6. The molecule has 1 N–H and O–H groups in total. The van der Waals surface area contributed by atoms with Crippen molar-refractivity contribution in [1.82, 2.24) is 9.88 Å². The monoisotopic (exact) mass is 412 g/mol. The standard InChI is InChI=1S/C21H24N4O3S/c1-14-4-6-16-19(12-14)29-21(23-16)25-10-8-24(9-11-25)20(26)22-15-5-7-17(27-2)18(13-15)28-3/h4-7,12-13H,8-11H2,1-3H3,(H,22,26). The second-order valence-electron chi connectivity index (χ2n) is 6.94. The first-order chi connectivity index (χ1) is 14.1. The molecule has 2 heterocycles. The highest BCUT2D eigenvalue weighted by Gasteiger charge is 2.23. The quantitative estimate of drug-likeness (QED) is 0.702. The van der Waals surface area contributed by atoms with E-state index in [2.05, 4.69) is 35.3 Å². The van der Waals surface area contributed by atoms with Crippen LogP contribution in [0.2, 0.25) is 0 Å². The maximum atomic E-state index is 12.7. The Balaban J connectivity index is 1.38. The third-order valence-electron chi connectivity index (χ3n) is 5.00. The van der Waals surface area contributed by atoms with Crippen molar-refractivity contribution >= 4 is 38.4 Å². The summed E-state index contributed by atoms with van der Waals surface area (Å²) < 4.78 is 11.7. The molecule has 1 fully saturated rings. The molecule has 4 rings (SSSR count). The molecule has 7 nitrogen and oxygen atoms in total. The topological polar surface area (TPSA) is 66.9 Å². The van der Waals surface area contributed by atoms with Crippen LogP contribution in [0.5, 0.6) is 11.5 Å². The lowest BCUT2D eigenvalue weighted by Gasteiger charge is -2.34. The average Bonchev–Trinajstić information content (AvgIpc) is 3.17. The van der Waals surface area contributed by atoms with Crippen LogP contribution in [0, 0.1) is 6.92 Å². The average molecular weight is 413 g/mol. The van der Waals surface area contributed by atoms with Crippen molar-refractivity contribution in [1.29, 1.82) is 0 Å². The molecule has 0 bridgehead atoms. The Morgan fingerprint density at radius 1 is 1.03 bits per heavy atom. The van der Waals surface area contributed by atoms with Gasteiger partial charge >= 0.3 is 6.03 Å². The zero-order valence-corrected chi connectivity index (χ0v) is 17.6. The Hall–Kier alpha value is -3.00. The van der Waals surface area contributed by atoms with Gasteiger partial charge in [-0.25, -0.2) is 9.78 Å². The third-order valence-corrected chi connectivity index (χ3v) is 6.08. The summed E-state index contributed by atoms with van der Waals surface area (Å²) in [5.74, 6) is 1.21. The number of nitrogens with one attached hydrogen (secondary N) is 1. The van der Waals surface area contributed by atoms with Crippen molar-refractivity contribution < 1.29 is 14.3 Å². The van der Waals surface area contributed by atoms with Crippen molar-refractivity contribution in [3.63, 3.8) is 0 Å². The fourth-order valence-electron chi connectivity index (χ4n) is 3.37. The summed E-state index contributed by atoms with van der Waals surface area (Å²) in [6.45, 7) is 4.91. The van der Waals surface area contributed by atoms with Crippen molar-refractivity contribution in [3.05, 3.63) is 42.0 Å². The number of piperazine rings is 1. The Morgan fingerprint density at radius 2 is 1.79 bits per heavy atom. The number of ether oxygens (including phenoxy) is 2. The number of carbonyl (C=O) groups excluding carboxylic acids is 1. The van der Waals surface area contributed by atoms with Gasteiger partial charge in [0.1, 0.15) is 0 Å². The van der Waals surface area contributed by atoms with E-state index >= 15 is 0 Å². The summed E-state index contributed by atoms with van der Waals surface area (Å²) in [6, 6.07) is 11.6. The van der Waals surface area contributed by atoms with Gasteiger partial charge in [0.05, 0.1) is 24.4 Å². The van der Waals surface area contributed by atoms with Gasteiger partial charge in [-0.3, -0.25) is 0 Å². The number of carbonyl (C=O) groups is 1. The van der Waals surface area contributed by atoms with Gasteiger partial charge in [-0.1, -0.05) is 17.4 Å². The number of hydrogen-bond donors (Lipinski definition) is 1. The third kappa shape index (κ3) is 4.07. The molecule has 1 aliphatic heterocycles. The normalized spacial score (nSPS) is 14.2. The molecule has 1 aliphatic rings. The molecular weight excluding hydrogens is 388 g/mol. The van der Waals surface area contributed by atoms with Gasteiger partial charge in [0, 0.05) is 37.9 Å². The van der Waals surface area contributed by atoms with Crippen molar-refractivity contribution in [3.8, 4) is 11.5 Å². The van der Waals surface area contributed by atoms with Crippen LogP contribution in [0.4, 0.5) is 15.6 Å². The van der Waals surface area contributed by atoms with Crippen LogP contribution < -0.4 is 19.7 Å². The Labute approximate surface area is 173 Å². The number of benzene rings is 2. The molecule has 1 saturated heterocycles. The maximum absolute atomic E-state index is 12.7. The van der Waals surface area contributed by atoms with E-state index in [9.17, 15) is 4.79 Å². The van der Waals surface area contributed by atoms with Crippen LogP contribution in [-0.2, 0) is 0 Å². The maximum Gasteiger partial charge on any atom is 0.321 e. The highest BCUT2D eigenvalue weighted by atomic mass is 32.1. The van der Waals surface area contributed by atoms with Gasteiger partial charge in [-0.05, 0) is 36.8 Å². The number of nitrogens with zero attached hydrogens (tertiary/aromatic N) is 3. The van der Waals surface area contributed by atoms with Crippen LogP contribution in [0.1, 0.15) is 5.56 Å².